The van der Waals surface area contributed by atoms with E-state index in [0.717, 1.165) is 34.5 Å². The number of halogens is 2. The average Bonchev–Trinajstić information content (AvgIpc) is 2.19. The van der Waals surface area contributed by atoms with Gasteiger partial charge in [-0.2, -0.15) is 0 Å². The highest BCUT2D eigenvalue weighted by Crippen LogP contribution is 1.99. The van der Waals surface area contributed by atoms with Crippen LogP contribution in [-0.2, 0) is 14.3 Å². The van der Waals surface area contributed by atoms with E-state index in [4.69, 9.17) is 9.31 Å². The van der Waals surface area contributed by atoms with Gasteiger partial charge in [-0.1, -0.05) is 45.2 Å². The third kappa shape index (κ3) is 11.5. The molecule has 0 rings (SSSR count). The first-order valence-corrected chi connectivity index (χ1v) is 7.87. The highest BCUT2D eigenvalue weighted by Gasteiger charge is 2.16. The summed E-state index contributed by atoms with van der Waals surface area (Å²) in [4.78, 5) is 0. The van der Waals surface area contributed by atoms with Crippen LogP contribution in [-0.4, -0.2) is 29.4 Å². The van der Waals surface area contributed by atoms with Crippen molar-refractivity contribution in [2.45, 2.75) is 25.7 Å². The van der Waals surface area contributed by atoms with Crippen molar-refractivity contribution in [2.24, 2.45) is 0 Å². The van der Waals surface area contributed by atoms with Crippen LogP contribution in [0, 0.1) is 0 Å². The van der Waals surface area contributed by atoms with Gasteiger partial charge in [0.25, 0.3) is 0 Å². The molecule has 0 fully saturated rings. The molecular weight excluding hydrogens is 409 g/mol. The summed E-state index contributed by atoms with van der Waals surface area (Å²) in [7, 11) is -1.28. The summed E-state index contributed by atoms with van der Waals surface area (Å²) >= 11 is 4.62. The molecule has 14 heavy (non-hydrogen) atoms. The monoisotopic (exact) mass is 425 g/mol. The summed E-state index contributed by atoms with van der Waals surface area (Å²) in [6.07, 6.45) is 4.09. The SMILES string of the molecule is [O]B(OCCCCI)OCCCCI. The van der Waals surface area contributed by atoms with E-state index >= 15 is 0 Å². The normalized spacial score (nSPS) is 10.5. The van der Waals surface area contributed by atoms with Crippen molar-refractivity contribution in [3.05, 3.63) is 0 Å². The van der Waals surface area contributed by atoms with E-state index in [-0.39, 0.29) is 0 Å². The van der Waals surface area contributed by atoms with Crippen LogP contribution in [0.5, 0.6) is 0 Å². The molecule has 83 valence electrons. The van der Waals surface area contributed by atoms with Crippen LogP contribution < -0.4 is 0 Å². The number of hydrogen-bond acceptors (Lipinski definition) is 2. The lowest BCUT2D eigenvalue weighted by molar-refractivity contribution is 0.106. The first-order chi connectivity index (χ1) is 6.81. The summed E-state index contributed by atoms with van der Waals surface area (Å²) in [5.74, 6) is 0. The minimum Gasteiger partial charge on any atom is -0.384 e. The summed E-state index contributed by atoms with van der Waals surface area (Å²) in [5, 5.41) is 11.0. The molecule has 0 heterocycles. The molecule has 0 N–H and O–H groups in total. The summed E-state index contributed by atoms with van der Waals surface area (Å²) < 4.78 is 12.1. The van der Waals surface area contributed by atoms with Gasteiger partial charge in [0.15, 0.2) is 0 Å². The van der Waals surface area contributed by atoms with Crippen LogP contribution in [0.25, 0.3) is 0 Å². The Balaban J connectivity index is 3.07. The summed E-state index contributed by atoms with van der Waals surface area (Å²) in [6.45, 7) is 1.03. The minimum absolute atomic E-state index is 0.517. The van der Waals surface area contributed by atoms with E-state index in [2.05, 4.69) is 45.2 Å². The standard InChI is InChI=1S/C8H16BI2O3/c10-5-1-3-7-13-9(12)14-8-4-2-6-11/h1-8H2. The van der Waals surface area contributed by atoms with Crippen molar-refractivity contribution < 1.29 is 14.3 Å². The van der Waals surface area contributed by atoms with E-state index in [0.29, 0.717) is 13.2 Å². The third-order valence-corrected chi connectivity index (χ3v) is 3.09. The second-order valence-electron chi connectivity index (χ2n) is 2.82. The fourth-order valence-corrected chi connectivity index (χ4v) is 1.88. The Morgan fingerprint density at radius 1 is 0.857 bits per heavy atom. The van der Waals surface area contributed by atoms with Crippen LogP contribution in [0.3, 0.4) is 0 Å². The van der Waals surface area contributed by atoms with Gasteiger partial charge in [0.05, 0.1) is 0 Å². The molecule has 0 aliphatic carbocycles. The van der Waals surface area contributed by atoms with Crippen LogP contribution in [0.2, 0.25) is 0 Å². The minimum atomic E-state index is -1.28. The van der Waals surface area contributed by atoms with Gasteiger partial charge in [-0.3, -0.25) is 0 Å². The second-order valence-corrected chi connectivity index (χ2v) is 4.98. The lowest BCUT2D eigenvalue weighted by atomic mass is 10.2. The molecular formula is C8H16BI2O3. The molecule has 0 aromatic heterocycles. The highest BCUT2D eigenvalue weighted by molar-refractivity contribution is 14.1. The molecule has 0 aromatic rings. The molecule has 0 spiro atoms. The first-order valence-electron chi connectivity index (χ1n) is 4.82. The van der Waals surface area contributed by atoms with E-state index in [1.54, 1.807) is 0 Å². The molecule has 0 aromatic carbocycles. The smallest absolute Gasteiger partial charge is 0.384 e. The van der Waals surface area contributed by atoms with Crippen molar-refractivity contribution in [1.29, 1.82) is 0 Å². The first kappa shape index (κ1) is 15.4. The van der Waals surface area contributed by atoms with Crippen molar-refractivity contribution in [3.8, 4) is 0 Å². The Labute approximate surface area is 114 Å². The maximum absolute atomic E-state index is 11.0. The van der Waals surface area contributed by atoms with Gasteiger partial charge in [-0.15, -0.1) is 0 Å². The molecule has 0 atom stereocenters. The van der Waals surface area contributed by atoms with Crippen LogP contribution in [0.4, 0.5) is 0 Å². The van der Waals surface area contributed by atoms with Gasteiger partial charge in [0, 0.05) is 13.2 Å². The van der Waals surface area contributed by atoms with Crippen LogP contribution in [0.15, 0.2) is 0 Å². The van der Waals surface area contributed by atoms with Gasteiger partial charge in [-0.05, 0) is 34.5 Å². The number of rotatable bonds is 10. The lowest BCUT2D eigenvalue weighted by Crippen LogP contribution is -2.22. The zero-order chi connectivity index (χ0) is 10.6. The Kier molecular flexibility index (Phi) is 13.7. The Morgan fingerprint density at radius 3 is 1.64 bits per heavy atom. The Morgan fingerprint density at radius 2 is 1.29 bits per heavy atom. The van der Waals surface area contributed by atoms with Crippen molar-refractivity contribution in [2.75, 3.05) is 22.1 Å². The zero-order valence-corrected chi connectivity index (χ0v) is 12.5. The molecule has 0 bridgehead atoms. The molecule has 1 radical (unpaired) electrons. The molecule has 0 amide bonds. The largest absolute Gasteiger partial charge is 0.666 e. The van der Waals surface area contributed by atoms with Crippen molar-refractivity contribution in [1.82, 2.24) is 0 Å². The Hall–Kier alpha value is 1.40. The van der Waals surface area contributed by atoms with Gasteiger partial charge in [-0.25, -0.2) is 5.02 Å². The molecule has 6 heteroatoms. The topological polar surface area (TPSA) is 38.4 Å². The van der Waals surface area contributed by atoms with Crippen LogP contribution >= 0.6 is 45.2 Å². The summed E-state index contributed by atoms with van der Waals surface area (Å²) in [5.41, 5.74) is 0. The molecule has 0 unspecified atom stereocenters. The van der Waals surface area contributed by atoms with E-state index in [1.807, 2.05) is 0 Å². The fraction of sp³-hybridized carbons (Fsp3) is 1.00. The number of hydrogen-bond donors (Lipinski definition) is 0. The van der Waals surface area contributed by atoms with E-state index in [1.165, 1.54) is 0 Å². The van der Waals surface area contributed by atoms with E-state index in [9.17, 15) is 5.02 Å². The predicted octanol–water partition coefficient (Wildman–Crippen LogP) is 2.87. The molecule has 0 saturated heterocycles. The van der Waals surface area contributed by atoms with Crippen LogP contribution in [0.1, 0.15) is 25.7 Å². The molecule has 3 nitrogen and oxygen atoms in total. The maximum atomic E-state index is 11.0. The third-order valence-electron chi connectivity index (χ3n) is 1.56. The Bertz CT molecular complexity index is 107. The van der Waals surface area contributed by atoms with Gasteiger partial charge in [0.2, 0.25) is 0 Å². The second kappa shape index (κ2) is 12.5. The van der Waals surface area contributed by atoms with E-state index < -0.39 is 7.32 Å². The molecule has 0 aliphatic heterocycles. The number of unbranched alkanes of at least 4 members (excludes halogenated alkanes) is 2. The molecule has 0 aliphatic rings. The highest BCUT2D eigenvalue weighted by atomic mass is 127. The predicted molar refractivity (Wildman–Crippen MR) is 74.6 cm³/mol. The maximum Gasteiger partial charge on any atom is 0.666 e. The molecule has 0 saturated carbocycles. The summed E-state index contributed by atoms with van der Waals surface area (Å²) in [6, 6.07) is 0. The number of alkyl halides is 2. The van der Waals surface area contributed by atoms with Crippen molar-refractivity contribution >= 4 is 52.5 Å². The quantitative estimate of drug-likeness (QED) is 0.234. The average molecular weight is 425 g/mol. The van der Waals surface area contributed by atoms with Gasteiger partial charge in [0.1, 0.15) is 0 Å². The fourth-order valence-electron chi connectivity index (χ4n) is 0.800. The van der Waals surface area contributed by atoms with Gasteiger partial charge < -0.3 is 9.31 Å². The zero-order valence-electron chi connectivity index (χ0n) is 8.21. The van der Waals surface area contributed by atoms with Gasteiger partial charge >= 0.3 is 7.32 Å². The lowest BCUT2D eigenvalue weighted by Gasteiger charge is -2.06. The van der Waals surface area contributed by atoms with Crippen molar-refractivity contribution in [3.63, 3.8) is 0 Å².